The van der Waals surface area contributed by atoms with Crippen molar-refractivity contribution in [3.05, 3.63) is 57.0 Å². The van der Waals surface area contributed by atoms with E-state index < -0.39 is 0 Å². The summed E-state index contributed by atoms with van der Waals surface area (Å²) in [5, 5.41) is 6.89. The highest BCUT2D eigenvalue weighted by atomic mass is 35.5. The van der Waals surface area contributed by atoms with Crippen LogP contribution in [0.25, 0.3) is 0 Å². The number of amides is 2. The molecular formula is C17H15Cl3N2O2S. The summed E-state index contributed by atoms with van der Waals surface area (Å²) in [6.07, 6.45) is 0. The number of hydrogen-bond acceptors (Lipinski definition) is 3. The van der Waals surface area contributed by atoms with E-state index in [-0.39, 0.29) is 23.3 Å². The highest BCUT2D eigenvalue weighted by Gasteiger charge is 2.09. The van der Waals surface area contributed by atoms with Gasteiger partial charge in [0.2, 0.25) is 11.8 Å². The summed E-state index contributed by atoms with van der Waals surface area (Å²) in [5.74, 6) is -0.0963. The third-order valence-corrected chi connectivity index (χ3v) is 5.04. The zero-order chi connectivity index (χ0) is 18.4. The summed E-state index contributed by atoms with van der Waals surface area (Å²) in [6, 6.07) is 10.1. The summed E-state index contributed by atoms with van der Waals surface area (Å²) >= 11 is 18.8. The number of thioether (sulfide) groups is 1. The average Bonchev–Trinajstić information content (AvgIpc) is 2.54. The predicted molar refractivity (Wildman–Crippen MR) is 107 cm³/mol. The molecule has 0 atom stereocenters. The minimum atomic E-state index is -0.223. The number of rotatable bonds is 6. The van der Waals surface area contributed by atoms with Gasteiger partial charge in [-0.2, -0.15) is 0 Å². The minimum absolute atomic E-state index is 0.146. The first kappa shape index (κ1) is 19.9. The number of halogens is 3. The van der Waals surface area contributed by atoms with Gasteiger partial charge in [-0.3, -0.25) is 9.59 Å². The Hall–Kier alpha value is -1.40. The monoisotopic (exact) mass is 416 g/mol. The second kappa shape index (κ2) is 9.34. The van der Waals surface area contributed by atoms with E-state index in [1.54, 1.807) is 36.4 Å². The molecule has 2 aromatic rings. The number of benzene rings is 2. The van der Waals surface area contributed by atoms with E-state index in [9.17, 15) is 9.59 Å². The predicted octanol–water partition coefficient (Wildman–Crippen LogP) is 5.27. The molecule has 132 valence electrons. The van der Waals surface area contributed by atoms with Crippen molar-refractivity contribution in [2.75, 3.05) is 22.1 Å². The summed E-state index contributed by atoms with van der Waals surface area (Å²) in [7, 11) is 0. The van der Waals surface area contributed by atoms with Crippen LogP contribution in [0.3, 0.4) is 0 Å². The van der Waals surface area contributed by atoms with Crippen LogP contribution in [0.5, 0.6) is 0 Å². The van der Waals surface area contributed by atoms with E-state index >= 15 is 0 Å². The molecule has 0 unspecified atom stereocenters. The molecule has 8 heteroatoms. The van der Waals surface area contributed by atoms with Crippen molar-refractivity contribution in [3.63, 3.8) is 0 Å². The molecule has 25 heavy (non-hydrogen) atoms. The van der Waals surface area contributed by atoms with Crippen molar-refractivity contribution in [3.8, 4) is 0 Å². The molecule has 0 fully saturated rings. The molecule has 2 amide bonds. The zero-order valence-electron chi connectivity index (χ0n) is 13.2. The topological polar surface area (TPSA) is 58.2 Å². The molecule has 4 nitrogen and oxygen atoms in total. The lowest BCUT2D eigenvalue weighted by molar-refractivity contribution is -0.114. The van der Waals surface area contributed by atoms with E-state index in [0.29, 0.717) is 26.4 Å². The summed E-state index contributed by atoms with van der Waals surface area (Å²) < 4.78 is 0. The van der Waals surface area contributed by atoms with Gasteiger partial charge >= 0.3 is 0 Å². The molecule has 0 saturated carbocycles. The lowest BCUT2D eigenvalue weighted by atomic mass is 10.2. The number of nitrogens with one attached hydrogen (secondary N) is 2. The summed E-state index contributed by atoms with van der Waals surface area (Å²) in [5.41, 5.74) is 2.14. The maximum Gasteiger partial charge on any atom is 0.234 e. The van der Waals surface area contributed by atoms with Crippen LogP contribution in [0.1, 0.15) is 5.56 Å². The van der Waals surface area contributed by atoms with Crippen molar-refractivity contribution >= 4 is 69.8 Å². The molecule has 0 spiro atoms. The largest absolute Gasteiger partial charge is 0.325 e. The number of anilines is 2. The second-order valence-corrected chi connectivity index (χ2v) is 7.41. The number of hydrogen-bond donors (Lipinski definition) is 2. The highest BCUT2D eigenvalue weighted by Crippen LogP contribution is 2.25. The Bertz CT molecular complexity index is 799. The Morgan fingerprint density at radius 2 is 1.60 bits per heavy atom. The first-order valence-corrected chi connectivity index (χ1v) is 9.52. The van der Waals surface area contributed by atoms with E-state index in [1.807, 2.05) is 6.92 Å². The Morgan fingerprint density at radius 3 is 2.24 bits per heavy atom. The molecule has 0 saturated heterocycles. The van der Waals surface area contributed by atoms with Gasteiger partial charge in [0.05, 0.1) is 21.6 Å². The van der Waals surface area contributed by atoms with Crippen LogP contribution < -0.4 is 10.6 Å². The highest BCUT2D eigenvalue weighted by molar-refractivity contribution is 8.00. The van der Waals surface area contributed by atoms with Gasteiger partial charge in [-0.1, -0.05) is 34.8 Å². The maximum atomic E-state index is 11.9. The van der Waals surface area contributed by atoms with Gasteiger partial charge in [-0.15, -0.1) is 11.8 Å². The fraction of sp³-hybridized carbons (Fsp3) is 0.176. The fourth-order valence-electron chi connectivity index (χ4n) is 1.96. The van der Waals surface area contributed by atoms with Crippen molar-refractivity contribution in [1.29, 1.82) is 0 Å². The first-order valence-electron chi connectivity index (χ1n) is 7.24. The number of carbonyl (C=O) groups excluding carboxylic acids is 2. The Kier molecular flexibility index (Phi) is 7.44. The Labute approximate surface area is 165 Å². The van der Waals surface area contributed by atoms with Crippen LogP contribution in [0, 0.1) is 6.92 Å². The number of carbonyl (C=O) groups is 2. The van der Waals surface area contributed by atoms with Crippen LogP contribution in [0.4, 0.5) is 11.4 Å². The second-order valence-electron chi connectivity index (χ2n) is 5.18. The van der Waals surface area contributed by atoms with Gasteiger partial charge in [0.1, 0.15) is 0 Å². The minimum Gasteiger partial charge on any atom is -0.325 e. The molecular weight excluding hydrogens is 403 g/mol. The van der Waals surface area contributed by atoms with Gasteiger partial charge in [-0.25, -0.2) is 0 Å². The quantitative estimate of drug-likeness (QED) is 0.673. The number of aryl methyl sites for hydroxylation is 1. The van der Waals surface area contributed by atoms with Crippen LogP contribution in [0.2, 0.25) is 15.1 Å². The van der Waals surface area contributed by atoms with Gasteiger partial charge in [0.15, 0.2) is 0 Å². The van der Waals surface area contributed by atoms with Gasteiger partial charge in [-0.05, 0) is 48.9 Å². The third kappa shape index (κ3) is 6.44. The maximum absolute atomic E-state index is 11.9. The van der Waals surface area contributed by atoms with Crippen molar-refractivity contribution in [1.82, 2.24) is 0 Å². The zero-order valence-corrected chi connectivity index (χ0v) is 16.3. The van der Waals surface area contributed by atoms with Crippen LogP contribution >= 0.6 is 46.6 Å². The Balaban J connectivity index is 1.76. The Morgan fingerprint density at radius 1 is 0.920 bits per heavy atom. The van der Waals surface area contributed by atoms with Gasteiger partial charge < -0.3 is 10.6 Å². The van der Waals surface area contributed by atoms with E-state index in [2.05, 4.69) is 10.6 Å². The van der Waals surface area contributed by atoms with Crippen molar-refractivity contribution < 1.29 is 9.59 Å². The molecule has 0 aliphatic heterocycles. The van der Waals surface area contributed by atoms with E-state index in [1.165, 1.54) is 11.8 Å². The molecule has 0 radical (unpaired) electrons. The van der Waals surface area contributed by atoms with E-state index in [4.69, 9.17) is 34.8 Å². The SMILES string of the molecule is Cc1cc(Cl)ccc1NC(=O)CSCC(=O)Nc1ccc(Cl)c(Cl)c1. The smallest absolute Gasteiger partial charge is 0.234 e. The molecule has 0 aliphatic carbocycles. The van der Waals surface area contributed by atoms with Crippen molar-refractivity contribution in [2.24, 2.45) is 0 Å². The lowest BCUT2D eigenvalue weighted by Gasteiger charge is -2.09. The molecule has 0 aromatic heterocycles. The van der Waals surface area contributed by atoms with Crippen LogP contribution in [-0.4, -0.2) is 23.3 Å². The third-order valence-electron chi connectivity index (χ3n) is 3.13. The normalized spacial score (nSPS) is 10.4. The standard InChI is InChI=1S/C17H15Cl3N2O2S/c1-10-6-11(18)2-5-15(10)22-17(24)9-25-8-16(23)21-12-3-4-13(19)14(20)7-12/h2-7H,8-9H2,1H3,(H,21,23)(H,22,24). The summed E-state index contributed by atoms with van der Waals surface area (Å²) in [6.45, 7) is 1.86. The first-order chi connectivity index (χ1) is 11.8. The van der Waals surface area contributed by atoms with E-state index in [0.717, 1.165) is 5.56 Å². The molecule has 2 rings (SSSR count). The molecule has 0 bridgehead atoms. The average molecular weight is 418 g/mol. The van der Waals surface area contributed by atoms with Gasteiger partial charge in [0, 0.05) is 16.4 Å². The molecule has 2 aromatic carbocycles. The molecule has 0 aliphatic rings. The molecule has 2 N–H and O–H groups in total. The lowest BCUT2D eigenvalue weighted by Crippen LogP contribution is -2.18. The van der Waals surface area contributed by atoms with Gasteiger partial charge in [0.25, 0.3) is 0 Å². The van der Waals surface area contributed by atoms with Crippen molar-refractivity contribution in [2.45, 2.75) is 6.92 Å². The van der Waals surface area contributed by atoms with Crippen LogP contribution in [0.15, 0.2) is 36.4 Å². The summed E-state index contributed by atoms with van der Waals surface area (Å²) in [4.78, 5) is 23.8. The van der Waals surface area contributed by atoms with Crippen LogP contribution in [-0.2, 0) is 9.59 Å². The molecule has 0 heterocycles. The fourth-order valence-corrected chi connectivity index (χ4v) is 3.10.